The molecule has 2 aromatic rings. The van der Waals surface area contributed by atoms with Gasteiger partial charge in [-0.1, -0.05) is 18.2 Å². The Bertz CT molecular complexity index is 707. The Morgan fingerprint density at radius 2 is 1.96 bits per heavy atom. The lowest BCUT2D eigenvalue weighted by atomic mass is 10.4. The molecule has 1 aromatic carbocycles. The third kappa shape index (κ3) is 6.13. The van der Waals surface area contributed by atoms with Crippen molar-refractivity contribution in [2.75, 3.05) is 13.1 Å². The van der Waals surface area contributed by atoms with Gasteiger partial charge in [0.1, 0.15) is 5.01 Å². The van der Waals surface area contributed by atoms with Crippen molar-refractivity contribution in [3.63, 3.8) is 0 Å². The third-order valence-electron chi connectivity index (χ3n) is 4.25. The van der Waals surface area contributed by atoms with E-state index in [1.807, 2.05) is 11.8 Å². The van der Waals surface area contributed by atoms with Crippen molar-refractivity contribution in [3.8, 4) is 0 Å². The number of hydrogen-bond donors (Lipinski definition) is 2. The molecule has 1 heterocycles. The van der Waals surface area contributed by atoms with Crippen LogP contribution in [0.1, 0.15) is 35.3 Å². The van der Waals surface area contributed by atoms with Gasteiger partial charge in [-0.05, 0) is 45.7 Å². The van der Waals surface area contributed by atoms with E-state index in [-0.39, 0.29) is 24.0 Å². The third-order valence-corrected chi connectivity index (χ3v) is 6.80. The van der Waals surface area contributed by atoms with Crippen molar-refractivity contribution < 1.29 is 0 Å². The van der Waals surface area contributed by atoms with Crippen molar-refractivity contribution in [3.05, 3.63) is 45.9 Å². The smallest absolute Gasteiger partial charge is 0.191 e. The lowest BCUT2D eigenvalue weighted by Crippen LogP contribution is -2.41. The summed E-state index contributed by atoms with van der Waals surface area (Å²) in [5, 5.41) is 7.95. The van der Waals surface area contributed by atoms with Crippen LogP contribution in [0, 0.1) is 13.8 Å². The minimum Gasteiger partial charge on any atom is -0.357 e. The fraction of sp³-hybridized carbons (Fsp3) is 0.474. The van der Waals surface area contributed by atoms with Gasteiger partial charge in [0.05, 0.1) is 12.2 Å². The van der Waals surface area contributed by atoms with Gasteiger partial charge in [-0.3, -0.25) is 0 Å². The summed E-state index contributed by atoms with van der Waals surface area (Å²) < 4.78 is 0.311. The van der Waals surface area contributed by atoms with Gasteiger partial charge in [-0.25, -0.2) is 9.98 Å². The van der Waals surface area contributed by atoms with E-state index >= 15 is 0 Å². The summed E-state index contributed by atoms with van der Waals surface area (Å²) in [6.45, 7) is 8.70. The molecule has 1 aliphatic carbocycles. The number of aromatic nitrogens is 1. The lowest BCUT2D eigenvalue weighted by molar-refractivity contribution is 0.768. The highest BCUT2D eigenvalue weighted by Gasteiger charge is 2.43. The summed E-state index contributed by atoms with van der Waals surface area (Å²) in [5.41, 5.74) is 1.12. The van der Waals surface area contributed by atoms with Crippen molar-refractivity contribution in [1.82, 2.24) is 15.6 Å². The van der Waals surface area contributed by atoms with Crippen LogP contribution in [-0.4, -0.2) is 28.8 Å². The summed E-state index contributed by atoms with van der Waals surface area (Å²) in [7, 11) is 0. The first-order chi connectivity index (χ1) is 12.1. The van der Waals surface area contributed by atoms with Crippen molar-refractivity contribution in [1.29, 1.82) is 0 Å². The predicted octanol–water partition coefficient (Wildman–Crippen LogP) is 4.76. The fourth-order valence-corrected chi connectivity index (χ4v) is 4.64. The number of nitrogens with zero attached hydrogens (tertiary/aromatic N) is 2. The Morgan fingerprint density at radius 3 is 2.54 bits per heavy atom. The quantitative estimate of drug-likeness (QED) is 0.326. The van der Waals surface area contributed by atoms with Gasteiger partial charge in [0.2, 0.25) is 0 Å². The summed E-state index contributed by atoms with van der Waals surface area (Å²) in [5.74, 6) is 0.882. The predicted molar refractivity (Wildman–Crippen MR) is 124 cm³/mol. The van der Waals surface area contributed by atoms with Crippen LogP contribution >= 0.6 is 47.1 Å². The second kappa shape index (κ2) is 9.94. The average Bonchev–Trinajstić information content (AvgIpc) is 3.29. The van der Waals surface area contributed by atoms with Crippen molar-refractivity contribution >= 4 is 53.0 Å². The summed E-state index contributed by atoms with van der Waals surface area (Å²) in [6, 6.07) is 10.7. The van der Waals surface area contributed by atoms with Gasteiger partial charge in [-0.2, -0.15) is 0 Å². The highest BCUT2D eigenvalue weighted by molar-refractivity contribution is 14.0. The number of benzene rings is 1. The Labute approximate surface area is 181 Å². The van der Waals surface area contributed by atoms with E-state index in [2.05, 4.69) is 66.7 Å². The zero-order chi connectivity index (χ0) is 17.7. The second-order valence-electron chi connectivity index (χ2n) is 6.40. The largest absolute Gasteiger partial charge is 0.357 e. The molecule has 0 saturated heterocycles. The molecule has 26 heavy (non-hydrogen) atoms. The number of aliphatic imine (C=N–C) groups is 1. The van der Waals surface area contributed by atoms with Crippen LogP contribution in [0.15, 0.2) is 40.2 Å². The van der Waals surface area contributed by atoms with E-state index < -0.39 is 0 Å². The number of thiazole rings is 1. The van der Waals surface area contributed by atoms with Crippen molar-refractivity contribution in [2.45, 2.75) is 49.8 Å². The van der Waals surface area contributed by atoms with E-state index in [4.69, 9.17) is 4.99 Å². The standard InChI is InChI=1S/C19H26N4S2.HI/c1-4-20-18(21-12-17-23-14(2)15(3)24-17)22-13-19(10-11-19)25-16-8-6-5-7-9-16;/h5-9H,4,10-13H2,1-3H3,(H2,20,21,22);1H. The average molecular weight is 502 g/mol. The number of aryl methyl sites for hydroxylation is 2. The minimum absolute atomic E-state index is 0. The van der Waals surface area contributed by atoms with Crippen LogP contribution in [0.4, 0.5) is 0 Å². The molecule has 0 unspecified atom stereocenters. The van der Waals surface area contributed by atoms with E-state index in [0.29, 0.717) is 11.3 Å². The molecule has 142 valence electrons. The normalized spacial score (nSPS) is 15.3. The topological polar surface area (TPSA) is 49.3 Å². The Balaban J connectivity index is 0.00000243. The molecule has 3 rings (SSSR count). The molecule has 1 saturated carbocycles. The van der Waals surface area contributed by atoms with Gasteiger partial charge in [-0.15, -0.1) is 47.1 Å². The van der Waals surface area contributed by atoms with E-state index in [1.54, 1.807) is 11.3 Å². The number of hydrogen-bond acceptors (Lipinski definition) is 4. The number of halogens is 1. The molecule has 1 aliphatic rings. The molecule has 4 nitrogen and oxygen atoms in total. The minimum atomic E-state index is 0. The molecule has 0 amide bonds. The first kappa shape index (κ1) is 21.5. The summed E-state index contributed by atoms with van der Waals surface area (Å²) in [6.07, 6.45) is 2.51. The van der Waals surface area contributed by atoms with Crippen LogP contribution in [0.25, 0.3) is 0 Å². The van der Waals surface area contributed by atoms with Gasteiger partial charge in [0.25, 0.3) is 0 Å². The number of nitrogens with one attached hydrogen (secondary N) is 2. The zero-order valence-corrected chi connectivity index (χ0v) is 19.5. The van der Waals surface area contributed by atoms with Crippen LogP contribution in [0.2, 0.25) is 0 Å². The first-order valence-electron chi connectivity index (χ1n) is 8.79. The first-order valence-corrected chi connectivity index (χ1v) is 10.4. The molecule has 1 aromatic heterocycles. The maximum atomic E-state index is 4.71. The maximum Gasteiger partial charge on any atom is 0.191 e. The van der Waals surface area contributed by atoms with Gasteiger partial charge >= 0.3 is 0 Å². The molecular weight excluding hydrogens is 475 g/mol. The van der Waals surface area contributed by atoms with E-state index in [1.165, 1.54) is 22.6 Å². The highest BCUT2D eigenvalue weighted by atomic mass is 127. The number of rotatable bonds is 7. The van der Waals surface area contributed by atoms with Gasteiger partial charge in [0.15, 0.2) is 5.96 Å². The van der Waals surface area contributed by atoms with E-state index in [9.17, 15) is 0 Å². The highest BCUT2D eigenvalue weighted by Crippen LogP contribution is 2.51. The Morgan fingerprint density at radius 1 is 1.23 bits per heavy atom. The Kier molecular flexibility index (Phi) is 8.22. The molecule has 0 aliphatic heterocycles. The van der Waals surface area contributed by atoms with Crippen LogP contribution in [-0.2, 0) is 6.54 Å². The Hall–Kier alpha value is -0.800. The molecule has 0 radical (unpaired) electrons. The summed E-state index contributed by atoms with van der Waals surface area (Å²) in [4.78, 5) is 11.9. The molecule has 7 heteroatoms. The molecular formula is C19H27IN4S2. The molecule has 1 fully saturated rings. The van der Waals surface area contributed by atoms with Crippen LogP contribution in [0.5, 0.6) is 0 Å². The monoisotopic (exact) mass is 502 g/mol. The molecule has 0 bridgehead atoms. The van der Waals surface area contributed by atoms with Crippen LogP contribution < -0.4 is 10.6 Å². The lowest BCUT2D eigenvalue weighted by Gasteiger charge is -2.18. The fourth-order valence-electron chi connectivity index (χ4n) is 2.53. The maximum absolute atomic E-state index is 4.71. The van der Waals surface area contributed by atoms with Crippen LogP contribution in [0.3, 0.4) is 0 Å². The van der Waals surface area contributed by atoms with Gasteiger partial charge in [0, 0.05) is 27.6 Å². The molecule has 2 N–H and O–H groups in total. The molecule has 0 atom stereocenters. The second-order valence-corrected chi connectivity index (χ2v) is 9.23. The van der Waals surface area contributed by atoms with E-state index in [0.717, 1.165) is 29.8 Å². The molecule has 0 spiro atoms. The number of thioether (sulfide) groups is 1. The number of guanidine groups is 1. The van der Waals surface area contributed by atoms with Gasteiger partial charge < -0.3 is 10.6 Å². The zero-order valence-electron chi connectivity index (χ0n) is 15.5. The van der Waals surface area contributed by atoms with Crippen molar-refractivity contribution in [2.24, 2.45) is 4.99 Å². The summed E-state index contributed by atoms with van der Waals surface area (Å²) >= 11 is 3.72. The SMILES string of the molecule is CCNC(=NCc1nc(C)c(C)s1)NCC1(Sc2ccccc2)CC1.I.